The molecule has 2 aromatic rings. The second kappa shape index (κ2) is 4.20. The first-order valence-corrected chi connectivity index (χ1v) is 5.16. The molecule has 1 heterocycles. The first kappa shape index (κ1) is 9.82. The summed E-state index contributed by atoms with van der Waals surface area (Å²) < 4.78 is 0. The van der Waals surface area contributed by atoms with Crippen LogP contribution in [-0.4, -0.2) is 16.1 Å². The zero-order valence-electron chi connectivity index (χ0n) is 7.73. The molecule has 0 radical (unpaired) electrons. The first-order chi connectivity index (χ1) is 7.31. The van der Waals surface area contributed by atoms with Crippen LogP contribution < -0.4 is 5.48 Å². The molecule has 0 atom stereocenters. The van der Waals surface area contributed by atoms with Gasteiger partial charge in [-0.2, -0.15) is 0 Å². The number of amides is 1. The summed E-state index contributed by atoms with van der Waals surface area (Å²) in [6.45, 7) is 0. The van der Waals surface area contributed by atoms with Gasteiger partial charge in [0.05, 0.1) is 0 Å². The van der Waals surface area contributed by atoms with Gasteiger partial charge in [0, 0.05) is 22.7 Å². The maximum atomic E-state index is 11.1. The Hall–Kier alpha value is -1.72. The monoisotopic (exact) mass is 221 g/mol. The lowest BCUT2D eigenvalue weighted by atomic mass is 10.1. The minimum atomic E-state index is -0.402. The summed E-state index contributed by atoms with van der Waals surface area (Å²) in [5.74, 6) is -0.402. The molecule has 0 saturated carbocycles. The zero-order chi connectivity index (χ0) is 10.7. The maximum Gasteiger partial charge on any atom is 0.314 e. The molecule has 0 aliphatic rings. The topological polar surface area (TPSA) is 64.9 Å². The number of hydrogen-bond donors (Lipinski definition) is 1. The lowest BCUT2D eigenvalue weighted by molar-refractivity contribution is 0.0706. The Bertz CT molecular complexity index is 451. The van der Waals surface area contributed by atoms with Gasteiger partial charge in [0.2, 0.25) is 0 Å². The van der Waals surface area contributed by atoms with Crippen LogP contribution in [0.15, 0.2) is 35.8 Å². The number of benzene rings is 1. The SMILES string of the molecule is O=C(N[OH2+])c1ccc(-c2nccs2)cc1. The lowest BCUT2D eigenvalue weighted by Crippen LogP contribution is -2.18. The maximum absolute atomic E-state index is 11.1. The number of hydroxylamine groups is 1. The fourth-order valence-corrected chi connectivity index (χ4v) is 1.85. The molecular formula is C10H9N2O2S+. The van der Waals surface area contributed by atoms with Crippen molar-refractivity contribution in [2.75, 3.05) is 0 Å². The van der Waals surface area contributed by atoms with Crippen molar-refractivity contribution in [1.29, 1.82) is 0 Å². The van der Waals surface area contributed by atoms with Crippen LogP contribution in [0.3, 0.4) is 0 Å². The van der Waals surface area contributed by atoms with Crippen molar-refractivity contribution < 1.29 is 10.0 Å². The van der Waals surface area contributed by atoms with Crippen molar-refractivity contribution >= 4 is 17.2 Å². The molecule has 1 aromatic heterocycles. The van der Waals surface area contributed by atoms with Gasteiger partial charge in [0.15, 0.2) is 0 Å². The number of nitrogens with one attached hydrogen (secondary N) is 1. The quantitative estimate of drug-likeness (QED) is 0.611. The minimum Gasteiger partial charge on any atom is -0.310 e. The van der Waals surface area contributed by atoms with Crippen molar-refractivity contribution in [3.8, 4) is 10.6 Å². The predicted octanol–water partition coefficient (Wildman–Crippen LogP) is 1.18. The van der Waals surface area contributed by atoms with Crippen LogP contribution in [0.4, 0.5) is 0 Å². The average molecular weight is 221 g/mol. The van der Waals surface area contributed by atoms with Gasteiger partial charge in [-0.1, -0.05) is 12.1 Å². The van der Waals surface area contributed by atoms with E-state index in [-0.39, 0.29) is 0 Å². The van der Waals surface area contributed by atoms with E-state index in [4.69, 9.17) is 5.21 Å². The van der Waals surface area contributed by atoms with Gasteiger partial charge in [0.1, 0.15) is 5.01 Å². The summed E-state index contributed by atoms with van der Waals surface area (Å²) in [5.41, 5.74) is 3.29. The van der Waals surface area contributed by atoms with E-state index >= 15 is 0 Å². The summed E-state index contributed by atoms with van der Waals surface area (Å²) in [4.78, 5) is 15.3. The van der Waals surface area contributed by atoms with E-state index in [0.29, 0.717) is 5.56 Å². The van der Waals surface area contributed by atoms with Gasteiger partial charge in [-0.05, 0) is 12.1 Å². The number of nitrogens with zero attached hydrogens (tertiary/aromatic N) is 1. The molecule has 0 aliphatic heterocycles. The molecule has 4 nitrogen and oxygen atoms in total. The lowest BCUT2D eigenvalue weighted by Gasteiger charge is -1.98. The molecule has 0 unspecified atom stereocenters. The largest absolute Gasteiger partial charge is 0.314 e. The van der Waals surface area contributed by atoms with Gasteiger partial charge in [-0.15, -0.1) is 16.8 Å². The molecule has 0 spiro atoms. The third kappa shape index (κ3) is 2.03. The van der Waals surface area contributed by atoms with Crippen molar-refractivity contribution in [1.82, 2.24) is 10.5 Å². The normalized spacial score (nSPS) is 9.93. The standard InChI is InChI=1S/C10H8N2O2S/c13-9(12-14)7-1-3-8(4-2-7)10-11-5-6-15-10/h1-6,14H,(H,12,13)/p+1. The summed E-state index contributed by atoms with van der Waals surface area (Å²) in [6, 6.07) is 7.01. The number of carbonyl (C=O) groups is 1. The number of carbonyl (C=O) groups excluding carboxylic acids is 1. The zero-order valence-corrected chi connectivity index (χ0v) is 8.54. The Morgan fingerprint density at radius 3 is 2.60 bits per heavy atom. The number of thiazole rings is 1. The van der Waals surface area contributed by atoms with Crippen LogP contribution in [0.2, 0.25) is 0 Å². The average Bonchev–Trinajstić information content (AvgIpc) is 2.82. The van der Waals surface area contributed by atoms with Gasteiger partial charge in [-0.3, -0.25) is 4.79 Å². The van der Waals surface area contributed by atoms with Crippen LogP contribution in [0.25, 0.3) is 10.6 Å². The van der Waals surface area contributed by atoms with E-state index in [1.807, 2.05) is 23.0 Å². The first-order valence-electron chi connectivity index (χ1n) is 4.28. The van der Waals surface area contributed by atoms with Crippen molar-refractivity contribution in [3.05, 3.63) is 41.4 Å². The van der Waals surface area contributed by atoms with Gasteiger partial charge in [0.25, 0.3) is 0 Å². The highest BCUT2D eigenvalue weighted by molar-refractivity contribution is 7.13. The molecule has 2 rings (SSSR count). The van der Waals surface area contributed by atoms with Crippen LogP contribution in [0.1, 0.15) is 10.4 Å². The summed E-state index contributed by atoms with van der Waals surface area (Å²) >= 11 is 1.55. The van der Waals surface area contributed by atoms with E-state index < -0.39 is 5.91 Å². The van der Waals surface area contributed by atoms with Crippen LogP contribution in [-0.2, 0) is 0 Å². The van der Waals surface area contributed by atoms with Gasteiger partial charge >= 0.3 is 5.91 Å². The Balaban J connectivity index is 2.29. The highest BCUT2D eigenvalue weighted by Gasteiger charge is 2.06. The predicted molar refractivity (Wildman–Crippen MR) is 58.6 cm³/mol. The fourth-order valence-electron chi connectivity index (χ4n) is 1.20. The number of rotatable bonds is 2. The van der Waals surface area contributed by atoms with Crippen molar-refractivity contribution in [2.45, 2.75) is 0 Å². The Morgan fingerprint density at radius 2 is 2.07 bits per heavy atom. The van der Waals surface area contributed by atoms with Crippen molar-refractivity contribution in [2.24, 2.45) is 0 Å². The van der Waals surface area contributed by atoms with E-state index in [9.17, 15) is 4.79 Å². The second-order valence-corrected chi connectivity index (χ2v) is 3.76. The molecular weight excluding hydrogens is 212 g/mol. The van der Waals surface area contributed by atoms with Gasteiger partial charge in [-0.25, -0.2) is 4.98 Å². The van der Waals surface area contributed by atoms with Crippen molar-refractivity contribution in [3.63, 3.8) is 0 Å². The Kier molecular flexibility index (Phi) is 2.75. The smallest absolute Gasteiger partial charge is 0.310 e. The molecule has 5 heteroatoms. The van der Waals surface area contributed by atoms with E-state index in [1.165, 1.54) is 0 Å². The van der Waals surface area contributed by atoms with Gasteiger partial charge < -0.3 is 5.21 Å². The van der Waals surface area contributed by atoms with E-state index in [1.54, 1.807) is 29.7 Å². The second-order valence-electron chi connectivity index (χ2n) is 2.87. The molecule has 0 saturated heterocycles. The molecule has 76 valence electrons. The molecule has 3 N–H and O–H groups in total. The number of hydrogen-bond acceptors (Lipinski definition) is 3. The third-order valence-corrected chi connectivity index (χ3v) is 2.76. The fraction of sp³-hybridized carbons (Fsp3) is 0. The van der Waals surface area contributed by atoms with Crippen LogP contribution >= 0.6 is 11.3 Å². The molecule has 15 heavy (non-hydrogen) atoms. The third-order valence-electron chi connectivity index (χ3n) is 1.94. The van der Waals surface area contributed by atoms with Crippen LogP contribution in [0.5, 0.6) is 0 Å². The highest BCUT2D eigenvalue weighted by atomic mass is 32.1. The molecule has 0 bridgehead atoms. The van der Waals surface area contributed by atoms with Crippen LogP contribution in [0, 0.1) is 0 Å². The Labute approximate surface area is 90.2 Å². The minimum absolute atomic E-state index is 0.402. The highest BCUT2D eigenvalue weighted by Crippen LogP contribution is 2.21. The molecule has 0 aliphatic carbocycles. The summed E-state index contributed by atoms with van der Waals surface area (Å²) in [7, 11) is 0. The molecule has 0 fully saturated rings. The summed E-state index contributed by atoms with van der Waals surface area (Å²) in [6.07, 6.45) is 1.74. The number of aromatic nitrogens is 1. The van der Waals surface area contributed by atoms with E-state index in [0.717, 1.165) is 10.6 Å². The molecule has 1 aromatic carbocycles. The van der Waals surface area contributed by atoms with E-state index in [2.05, 4.69) is 4.98 Å². The molecule has 1 amide bonds. The Morgan fingerprint density at radius 1 is 1.33 bits per heavy atom. The summed E-state index contributed by atoms with van der Waals surface area (Å²) in [5, 5.41) is 9.56.